The van der Waals surface area contributed by atoms with Crippen LogP contribution in [-0.4, -0.2) is 19.7 Å². The highest BCUT2D eigenvalue weighted by molar-refractivity contribution is 9.11. The van der Waals surface area contributed by atoms with Crippen LogP contribution in [0.3, 0.4) is 0 Å². The number of nitrogens with zero attached hydrogens (tertiary/aromatic N) is 4. The third-order valence-corrected chi connectivity index (χ3v) is 7.42. The molecule has 4 aromatic rings. The number of benzene rings is 1. The van der Waals surface area contributed by atoms with Crippen LogP contribution in [0, 0.1) is 0 Å². The fourth-order valence-electron chi connectivity index (χ4n) is 2.58. The Morgan fingerprint density at radius 1 is 1.04 bits per heavy atom. The quantitative estimate of drug-likeness (QED) is 0.330. The van der Waals surface area contributed by atoms with Crippen molar-refractivity contribution in [1.29, 1.82) is 0 Å². The SMILES string of the molecule is CC(C)(C)c1nc(Sc2nnc(-c3cccs3)n2-c2ccccc2)sc1Br. The minimum absolute atomic E-state index is 0.0105. The predicted molar refractivity (Wildman–Crippen MR) is 117 cm³/mol. The van der Waals surface area contributed by atoms with Crippen molar-refractivity contribution in [2.24, 2.45) is 0 Å². The Morgan fingerprint density at radius 3 is 2.44 bits per heavy atom. The molecule has 0 atom stereocenters. The summed E-state index contributed by atoms with van der Waals surface area (Å²) in [6.45, 7) is 6.51. The molecule has 0 aliphatic heterocycles. The Bertz CT molecular complexity index is 1050. The van der Waals surface area contributed by atoms with E-state index < -0.39 is 0 Å². The second-order valence-corrected chi connectivity index (χ2v) is 11.4. The molecule has 0 unspecified atom stereocenters. The van der Waals surface area contributed by atoms with Gasteiger partial charge in [0.25, 0.3) is 0 Å². The van der Waals surface area contributed by atoms with Crippen LogP contribution < -0.4 is 0 Å². The summed E-state index contributed by atoms with van der Waals surface area (Å²) in [4.78, 5) is 5.93. The largest absolute Gasteiger partial charge is 0.269 e. The number of aromatic nitrogens is 4. The van der Waals surface area contributed by atoms with E-state index >= 15 is 0 Å². The van der Waals surface area contributed by atoms with Gasteiger partial charge < -0.3 is 0 Å². The van der Waals surface area contributed by atoms with Crippen molar-refractivity contribution in [1.82, 2.24) is 19.7 Å². The molecule has 4 rings (SSSR count). The van der Waals surface area contributed by atoms with E-state index in [0.29, 0.717) is 0 Å². The van der Waals surface area contributed by atoms with E-state index in [2.05, 4.69) is 75.0 Å². The zero-order chi connectivity index (χ0) is 19.0. The molecule has 0 N–H and O–H groups in total. The second kappa shape index (κ2) is 7.50. The first-order valence-electron chi connectivity index (χ1n) is 8.33. The highest BCUT2D eigenvalue weighted by Crippen LogP contribution is 2.41. The van der Waals surface area contributed by atoms with E-state index in [0.717, 1.165) is 35.4 Å². The highest BCUT2D eigenvalue weighted by atomic mass is 79.9. The lowest BCUT2D eigenvalue weighted by Crippen LogP contribution is -2.12. The Hall–Kier alpha value is -1.48. The lowest BCUT2D eigenvalue weighted by atomic mass is 9.93. The minimum atomic E-state index is -0.0105. The standard InChI is InChI=1S/C19H17BrN4S3/c1-19(2,3)14-15(20)26-18(21-14)27-17-23-22-16(13-10-7-11-25-13)24(17)12-8-5-4-6-9-12/h4-11H,1-3H3. The molecule has 3 heterocycles. The molecule has 8 heteroatoms. The lowest BCUT2D eigenvalue weighted by Gasteiger charge is -2.15. The first-order valence-corrected chi connectivity index (χ1v) is 11.6. The van der Waals surface area contributed by atoms with E-state index in [1.165, 1.54) is 0 Å². The topological polar surface area (TPSA) is 43.6 Å². The first-order chi connectivity index (χ1) is 12.9. The van der Waals surface area contributed by atoms with E-state index in [1.807, 2.05) is 24.3 Å². The molecule has 0 amide bonds. The van der Waals surface area contributed by atoms with Crippen LogP contribution in [0.5, 0.6) is 0 Å². The number of para-hydroxylation sites is 1. The monoisotopic (exact) mass is 476 g/mol. The highest BCUT2D eigenvalue weighted by Gasteiger charge is 2.24. The second-order valence-electron chi connectivity index (χ2n) is 6.91. The summed E-state index contributed by atoms with van der Waals surface area (Å²) >= 11 is 8.52. The molecule has 0 saturated heterocycles. The zero-order valence-electron chi connectivity index (χ0n) is 15.0. The fourth-order valence-corrected chi connectivity index (χ4v) is 6.78. The van der Waals surface area contributed by atoms with Crippen LogP contribution in [0.4, 0.5) is 0 Å². The molecule has 0 aliphatic rings. The van der Waals surface area contributed by atoms with Gasteiger partial charge in [-0.05, 0) is 51.3 Å². The summed E-state index contributed by atoms with van der Waals surface area (Å²) in [5.74, 6) is 0.852. The van der Waals surface area contributed by atoms with E-state index in [1.54, 1.807) is 34.4 Å². The van der Waals surface area contributed by atoms with Crippen molar-refractivity contribution in [3.05, 3.63) is 57.3 Å². The van der Waals surface area contributed by atoms with Gasteiger partial charge in [0.15, 0.2) is 10.2 Å². The van der Waals surface area contributed by atoms with E-state index in [4.69, 9.17) is 4.98 Å². The van der Waals surface area contributed by atoms with Crippen molar-refractivity contribution in [2.75, 3.05) is 0 Å². The van der Waals surface area contributed by atoms with Gasteiger partial charge in [-0.15, -0.1) is 21.5 Å². The maximum atomic E-state index is 4.84. The van der Waals surface area contributed by atoms with Crippen molar-refractivity contribution in [3.63, 3.8) is 0 Å². The minimum Gasteiger partial charge on any atom is -0.269 e. The third-order valence-electron chi connectivity index (χ3n) is 3.84. The Labute approximate surface area is 178 Å². The van der Waals surface area contributed by atoms with Gasteiger partial charge in [-0.3, -0.25) is 4.57 Å². The molecule has 0 spiro atoms. The molecule has 3 aromatic heterocycles. The maximum Gasteiger partial charge on any atom is 0.203 e. The van der Waals surface area contributed by atoms with Gasteiger partial charge in [0.1, 0.15) is 0 Å². The van der Waals surface area contributed by atoms with Crippen LogP contribution in [0.15, 0.2) is 61.1 Å². The predicted octanol–water partition coefficient (Wildman–Crippen LogP) is 6.66. The van der Waals surface area contributed by atoms with E-state index in [9.17, 15) is 0 Å². The van der Waals surface area contributed by atoms with Gasteiger partial charge in [-0.25, -0.2) is 4.98 Å². The number of halogens is 1. The van der Waals surface area contributed by atoms with Crippen LogP contribution in [0.25, 0.3) is 16.4 Å². The average molecular weight is 477 g/mol. The summed E-state index contributed by atoms with van der Waals surface area (Å²) in [6.07, 6.45) is 0. The fraction of sp³-hybridized carbons (Fsp3) is 0.211. The molecule has 0 fully saturated rings. The van der Waals surface area contributed by atoms with Crippen LogP contribution in [0.2, 0.25) is 0 Å². The summed E-state index contributed by atoms with van der Waals surface area (Å²) in [5.41, 5.74) is 2.10. The van der Waals surface area contributed by atoms with Gasteiger partial charge >= 0.3 is 0 Å². The molecule has 0 aliphatic carbocycles. The zero-order valence-corrected chi connectivity index (χ0v) is 19.0. The number of hydrogen-bond acceptors (Lipinski definition) is 6. The number of rotatable bonds is 4. The van der Waals surface area contributed by atoms with Gasteiger partial charge in [0.05, 0.1) is 14.4 Å². The van der Waals surface area contributed by atoms with Crippen molar-refractivity contribution in [2.45, 2.75) is 35.7 Å². The van der Waals surface area contributed by atoms with Crippen LogP contribution in [0.1, 0.15) is 26.5 Å². The van der Waals surface area contributed by atoms with Crippen molar-refractivity contribution >= 4 is 50.4 Å². The Kier molecular flexibility index (Phi) is 5.24. The molecule has 0 bridgehead atoms. The Morgan fingerprint density at radius 2 is 1.81 bits per heavy atom. The van der Waals surface area contributed by atoms with Gasteiger partial charge in [-0.1, -0.05) is 56.4 Å². The Balaban J connectivity index is 1.78. The van der Waals surface area contributed by atoms with Crippen molar-refractivity contribution in [3.8, 4) is 16.4 Å². The van der Waals surface area contributed by atoms with Gasteiger partial charge in [-0.2, -0.15) is 0 Å². The molecule has 4 nitrogen and oxygen atoms in total. The van der Waals surface area contributed by atoms with Crippen LogP contribution in [-0.2, 0) is 5.41 Å². The van der Waals surface area contributed by atoms with E-state index in [-0.39, 0.29) is 5.41 Å². The smallest absolute Gasteiger partial charge is 0.203 e. The molecule has 0 saturated carbocycles. The normalized spacial score (nSPS) is 11.9. The molecular weight excluding hydrogens is 460 g/mol. The molecule has 1 aromatic carbocycles. The first kappa shape index (κ1) is 18.9. The number of thiazole rings is 1. The van der Waals surface area contributed by atoms with Crippen molar-refractivity contribution < 1.29 is 0 Å². The number of thiophene rings is 1. The summed E-state index contributed by atoms with van der Waals surface area (Å²) in [6, 6.07) is 14.3. The molecular formula is C19H17BrN4S3. The molecule has 0 radical (unpaired) electrons. The third kappa shape index (κ3) is 3.89. The molecule has 138 valence electrons. The van der Waals surface area contributed by atoms with Crippen LogP contribution >= 0.6 is 50.4 Å². The van der Waals surface area contributed by atoms with Gasteiger partial charge in [0, 0.05) is 11.1 Å². The van der Waals surface area contributed by atoms with Gasteiger partial charge in [0.2, 0.25) is 5.16 Å². The summed E-state index contributed by atoms with van der Waals surface area (Å²) in [5, 5.41) is 11.8. The lowest BCUT2D eigenvalue weighted by molar-refractivity contribution is 0.566. The average Bonchev–Trinajstić information content (AvgIpc) is 3.35. The summed E-state index contributed by atoms with van der Waals surface area (Å²) < 4.78 is 4.12. The maximum absolute atomic E-state index is 4.84. The number of hydrogen-bond donors (Lipinski definition) is 0. The summed E-state index contributed by atoms with van der Waals surface area (Å²) in [7, 11) is 0. The molecule has 27 heavy (non-hydrogen) atoms.